The van der Waals surface area contributed by atoms with Gasteiger partial charge in [0.25, 0.3) is 0 Å². The van der Waals surface area contributed by atoms with Crippen molar-refractivity contribution in [1.82, 2.24) is 21.3 Å². The fourth-order valence-electron chi connectivity index (χ4n) is 4.23. The summed E-state index contributed by atoms with van der Waals surface area (Å²) in [5, 5.41) is 37.4. The van der Waals surface area contributed by atoms with Crippen LogP contribution in [0.4, 0.5) is 0 Å². The molecule has 1 aromatic rings. The normalized spacial score (nSPS) is 14.4. The number of carbonyl (C=O) groups excluding carboxylic acids is 4. The van der Waals surface area contributed by atoms with Crippen LogP contribution in [0.1, 0.15) is 58.9 Å². The molecule has 0 aliphatic heterocycles. The van der Waals surface area contributed by atoms with Gasteiger partial charge in [0, 0.05) is 6.42 Å². The van der Waals surface area contributed by atoms with E-state index in [1.165, 1.54) is 0 Å². The van der Waals surface area contributed by atoms with Gasteiger partial charge in [-0.2, -0.15) is 0 Å². The van der Waals surface area contributed by atoms with Crippen molar-refractivity contribution in [1.29, 1.82) is 0 Å². The van der Waals surface area contributed by atoms with Gasteiger partial charge >= 0.3 is 17.9 Å². The number of nitrogens with two attached hydrogens (primary N) is 1. The van der Waals surface area contributed by atoms with Crippen LogP contribution in [-0.4, -0.2) is 87.1 Å². The van der Waals surface area contributed by atoms with Crippen molar-refractivity contribution in [3.63, 3.8) is 0 Å². The van der Waals surface area contributed by atoms with Crippen molar-refractivity contribution in [3.8, 4) is 0 Å². The summed E-state index contributed by atoms with van der Waals surface area (Å²) in [5.41, 5.74) is 6.42. The quantitative estimate of drug-likeness (QED) is 0.0988. The molecule has 0 heterocycles. The van der Waals surface area contributed by atoms with E-state index in [2.05, 4.69) is 21.3 Å². The smallest absolute Gasteiger partial charge is 0.326 e. The van der Waals surface area contributed by atoms with E-state index in [4.69, 9.17) is 5.73 Å². The predicted molar refractivity (Wildman–Crippen MR) is 157 cm³/mol. The number of hydrogen-bond donors (Lipinski definition) is 8. The largest absolute Gasteiger partial charge is 0.481 e. The Morgan fingerprint density at radius 2 is 1.02 bits per heavy atom. The second-order valence-electron chi connectivity index (χ2n) is 11.3. The van der Waals surface area contributed by atoms with E-state index >= 15 is 0 Å². The van der Waals surface area contributed by atoms with Gasteiger partial charge in [0.15, 0.2) is 0 Å². The van der Waals surface area contributed by atoms with Crippen LogP contribution in [0.5, 0.6) is 0 Å². The van der Waals surface area contributed by atoms with Gasteiger partial charge in [0.2, 0.25) is 23.6 Å². The minimum Gasteiger partial charge on any atom is -0.481 e. The fourth-order valence-corrected chi connectivity index (χ4v) is 4.23. The zero-order valence-electron chi connectivity index (χ0n) is 25.2. The number of rotatable bonds is 19. The van der Waals surface area contributed by atoms with Crippen LogP contribution in [-0.2, 0) is 40.0 Å². The highest BCUT2D eigenvalue weighted by atomic mass is 16.4. The highest BCUT2D eigenvalue weighted by Gasteiger charge is 2.33. The third kappa shape index (κ3) is 14.1. The summed E-state index contributed by atoms with van der Waals surface area (Å²) in [7, 11) is 0. The molecule has 0 spiro atoms. The molecule has 0 aliphatic carbocycles. The molecular weight excluding hydrogens is 578 g/mol. The molecule has 44 heavy (non-hydrogen) atoms. The van der Waals surface area contributed by atoms with Gasteiger partial charge in [-0.1, -0.05) is 58.0 Å². The van der Waals surface area contributed by atoms with Crippen LogP contribution < -0.4 is 27.0 Å². The maximum absolute atomic E-state index is 13.4. The minimum absolute atomic E-state index is 0.0357. The van der Waals surface area contributed by atoms with Crippen LogP contribution in [0.15, 0.2) is 30.3 Å². The molecule has 244 valence electrons. The lowest BCUT2D eigenvalue weighted by Crippen LogP contribution is -2.59. The van der Waals surface area contributed by atoms with Crippen LogP contribution in [0, 0.1) is 11.8 Å². The van der Waals surface area contributed by atoms with Gasteiger partial charge in [-0.3, -0.25) is 28.8 Å². The highest BCUT2D eigenvalue weighted by molar-refractivity contribution is 5.97. The van der Waals surface area contributed by atoms with E-state index in [1.54, 1.807) is 44.2 Å². The van der Waals surface area contributed by atoms with Crippen molar-refractivity contribution in [2.75, 3.05) is 0 Å². The molecule has 1 aromatic carbocycles. The number of carboxylic acids is 3. The van der Waals surface area contributed by atoms with Crippen molar-refractivity contribution in [3.05, 3.63) is 35.9 Å². The second-order valence-corrected chi connectivity index (χ2v) is 11.3. The summed E-state index contributed by atoms with van der Waals surface area (Å²) in [4.78, 5) is 86.8. The molecule has 9 N–H and O–H groups in total. The molecule has 4 amide bonds. The third-order valence-corrected chi connectivity index (χ3v) is 6.32. The monoisotopic (exact) mass is 621 g/mol. The topological polar surface area (TPSA) is 254 Å². The molecule has 0 fully saturated rings. The number of amides is 4. The third-order valence-electron chi connectivity index (χ3n) is 6.32. The molecule has 1 rings (SSSR count). The fraction of sp³-hybridized carbons (Fsp3) is 0.552. The molecule has 0 bridgehead atoms. The number of benzene rings is 1. The standard InChI is InChI=1S/C29H43N5O10/c1-15(2)10-18(30)25(39)31-20(13-23(35)36)27(41)32-19(12-17-8-6-5-7-9-17)26(40)33-21(14-24(37)38)28(42)34-22(29(43)44)11-16(3)4/h5-9,15-16,18-22H,10-14,30H2,1-4H3,(H,31,39)(H,32,41)(H,33,40)(H,34,42)(H,35,36)(H,37,38)(H,43,44)/t18-,19-,20-,21-,22-/m0/s1. The number of hydrogen-bond acceptors (Lipinski definition) is 8. The lowest BCUT2D eigenvalue weighted by atomic mass is 10.0. The number of carbonyl (C=O) groups is 7. The summed E-state index contributed by atoms with van der Waals surface area (Å²) >= 11 is 0. The molecule has 15 heteroatoms. The number of carboxylic acid groups (broad SMARTS) is 3. The Bertz CT molecular complexity index is 1170. The van der Waals surface area contributed by atoms with Crippen LogP contribution in [0.3, 0.4) is 0 Å². The first-order valence-corrected chi connectivity index (χ1v) is 14.2. The van der Waals surface area contributed by atoms with Crippen LogP contribution in [0.25, 0.3) is 0 Å². The van der Waals surface area contributed by atoms with Crippen LogP contribution in [0.2, 0.25) is 0 Å². The van der Waals surface area contributed by atoms with E-state index in [0.717, 1.165) is 0 Å². The van der Waals surface area contributed by atoms with Crippen molar-refractivity contribution < 1.29 is 48.9 Å². The number of nitrogens with one attached hydrogen (secondary N) is 4. The Morgan fingerprint density at radius 3 is 1.45 bits per heavy atom. The van der Waals surface area contributed by atoms with E-state index in [-0.39, 0.29) is 31.1 Å². The summed E-state index contributed by atoms with van der Waals surface area (Å²) in [5.74, 6) is -8.19. The van der Waals surface area contributed by atoms with Gasteiger partial charge in [-0.15, -0.1) is 0 Å². The van der Waals surface area contributed by atoms with E-state index in [9.17, 15) is 48.9 Å². The molecular formula is C29H43N5O10. The van der Waals surface area contributed by atoms with Crippen molar-refractivity contribution in [2.24, 2.45) is 17.6 Å². The molecule has 0 unspecified atom stereocenters. The summed E-state index contributed by atoms with van der Waals surface area (Å²) in [6, 6.07) is 1.14. The Labute approximate surface area is 255 Å². The maximum Gasteiger partial charge on any atom is 0.326 e. The van der Waals surface area contributed by atoms with Gasteiger partial charge < -0.3 is 42.3 Å². The SMILES string of the molecule is CC(C)C[C@H](NC(=O)[C@H](CC(=O)O)NC(=O)[C@H](Cc1ccccc1)NC(=O)[C@H](CC(=O)O)NC(=O)[C@@H](N)CC(C)C)C(=O)O. The van der Waals surface area contributed by atoms with Gasteiger partial charge in [0.05, 0.1) is 18.9 Å². The minimum atomic E-state index is -1.72. The summed E-state index contributed by atoms with van der Waals surface area (Å²) in [6.07, 6.45) is -1.59. The molecule has 0 saturated heterocycles. The molecule has 5 atom stereocenters. The molecule has 0 radical (unpaired) electrons. The van der Waals surface area contributed by atoms with E-state index < -0.39 is 84.6 Å². The summed E-state index contributed by atoms with van der Waals surface area (Å²) in [6.45, 7) is 7.11. The molecule has 15 nitrogen and oxygen atoms in total. The number of aliphatic carboxylic acids is 3. The van der Waals surface area contributed by atoms with Gasteiger partial charge in [-0.05, 0) is 30.2 Å². The summed E-state index contributed by atoms with van der Waals surface area (Å²) < 4.78 is 0. The maximum atomic E-state index is 13.4. The average Bonchev–Trinajstić information content (AvgIpc) is 2.90. The van der Waals surface area contributed by atoms with Gasteiger partial charge in [-0.25, -0.2) is 4.79 Å². The van der Waals surface area contributed by atoms with Crippen molar-refractivity contribution >= 4 is 41.5 Å². The Morgan fingerprint density at radius 1 is 0.614 bits per heavy atom. The second kappa shape index (κ2) is 18.2. The van der Waals surface area contributed by atoms with E-state index in [0.29, 0.717) is 5.56 Å². The Kier molecular flexibility index (Phi) is 15.5. The lowest BCUT2D eigenvalue weighted by molar-refractivity contribution is -0.144. The lowest BCUT2D eigenvalue weighted by Gasteiger charge is -2.26. The predicted octanol–water partition coefficient (Wildman–Crippen LogP) is -0.378. The van der Waals surface area contributed by atoms with Crippen LogP contribution >= 0.6 is 0 Å². The van der Waals surface area contributed by atoms with Crippen molar-refractivity contribution in [2.45, 2.75) is 90.0 Å². The Balaban J connectivity index is 3.28. The molecule has 0 aliphatic rings. The van der Waals surface area contributed by atoms with E-state index in [1.807, 2.05) is 13.8 Å². The Hall–Kier alpha value is -4.53. The first-order valence-electron chi connectivity index (χ1n) is 14.2. The first-order chi connectivity index (χ1) is 20.5. The zero-order chi connectivity index (χ0) is 33.6. The van der Waals surface area contributed by atoms with Gasteiger partial charge in [0.1, 0.15) is 24.2 Å². The zero-order valence-corrected chi connectivity index (χ0v) is 25.2. The molecule has 0 saturated carbocycles. The highest BCUT2D eigenvalue weighted by Crippen LogP contribution is 2.09. The average molecular weight is 622 g/mol. The first kappa shape index (κ1) is 37.5. The molecule has 0 aromatic heterocycles.